The van der Waals surface area contributed by atoms with E-state index < -0.39 is 0 Å². The first kappa shape index (κ1) is 36.5. The fraction of sp³-hybridized carbons (Fsp3) is 0. The van der Waals surface area contributed by atoms with Crippen LogP contribution in [0.2, 0.25) is 0 Å². The Bertz CT molecular complexity index is 3910. The van der Waals surface area contributed by atoms with Crippen molar-refractivity contribution in [3.63, 3.8) is 0 Å². The summed E-state index contributed by atoms with van der Waals surface area (Å²) in [4.78, 5) is 2.39. The molecule has 0 saturated heterocycles. The van der Waals surface area contributed by atoms with Crippen molar-refractivity contribution < 1.29 is 4.42 Å². The van der Waals surface area contributed by atoms with Crippen LogP contribution in [0, 0.1) is 0 Å². The zero-order valence-electron chi connectivity index (χ0n) is 34.7. The average Bonchev–Trinajstić information content (AvgIpc) is 4.04. The first-order chi connectivity index (χ1) is 31.8. The van der Waals surface area contributed by atoms with Gasteiger partial charge in [0.2, 0.25) is 0 Å². The zero-order chi connectivity index (χ0) is 42.1. The first-order valence-corrected chi connectivity index (χ1v) is 22.6. The molecular weight excluding hydrogens is 797 g/mol. The number of fused-ring (bicyclic) bond motifs is 9. The highest BCUT2D eigenvalue weighted by Crippen LogP contribution is 2.47. The number of nitrogens with zero attached hydrogens (tertiary/aromatic N) is 2. The summed E-state index contributed by atoms with van der Waals surface area (Å²) >= 11 is 1.88. The van der Waals surface area contributed by atoms with E-state index in [-0.39, 0.29) is 0 Å². The second-order valence-electron chi connectivity index (χ2n) is 16.4. The summed E-state index contributed by atoms with van der Waals surface area (Å²) in [7, 11) is 0. The van der Waals surface area contributed by atoms with Gasteiger partial charge in [-0.25, -0.2) is 0 Å². The van der Waals surface area contributed by atoms with Gasteiger partial charge >= 0.3 is 0 Å². The maximum atomic E-state index is 6.62. The molecule has 0 bridgehead atoms. The first-order valence-electron chi connectivity index (χ1n) is 21.8. The summed E-state index contributed by atoms with van der Waals surface area (Å²) in [5.74, 6) is 0. The van der Waals surface area contributed by atoms with Gasteiger partial charge in [0.1, 0.15) is 11.2 Å². The lowest BCUT2D eigenvalue weighted by Crippen LogP contribution is -2.10. The van der Waals surface area contributed by atoms with Crippen LogP contribution in [-0.4, -0.2) is 4.57 Å². The van der Waals surface area contributed by atoms with Gasteiger partial charge in [0, 0.05) is 75.5 Å². The van der Waals surface area contributed by atoms with Crippen molar-refractivity contribution in [1.82, 2.24) is 4.57 Å². The van der Waals surface area contributed by atoms with Crippen molar-refractivity contribution >= 4 is 92.3 Å². The quantitative estimate of drug-likeness (QED) is 0.159. The van der Waals surface area contributed by atoms with Crippen molar-refractivity contribution in [1.29, 1.82) is 0 Å². The average molecular weight is 835 g/mol. The van der Waals surface area contributed by atoms with E-state index >= 15 is 0 Å². The minimum absolute atomic E-state index is 0.894. The molecule has 0 aliphatic carbocycles. The van der Waals surface area contributed by atoms with Gasteiger partial charge in [-0.05, 0) is 77.4 Å². The molecule has 0 fully saturated rings. The predicted octanol–water partition coefficient (Wildman–Crippen LogP) is 17.5. The minimum atomic E-state index is 0.894. The van der Waals surface area contributed by atoms with E-state index in [2.05, 4.69) is 234 Å². The van der Waals surface area contributed by atoms with E-state index in [1.165, 1.54) is 47.6 Å². The van der Waals surface area contributed by atoms with Gasteiger partial charge in [-0.2, -0.15) is 0 Å². The number of aromatic nitrogens is 1. The topological polar surface area (TPSA) is 21.3 Å². The van der Waals surface area contributed by atoms with Crippen LogP contribution in [-0.2, 0) is 0 Å². The van der Waals surface area contributed by atoms with Crippen molar-refractivity contribution in [3.05, 3.63) is 231 Å². The van der Waals surface area contributed by atoms with E-state index in [1.54, 1.807) is 0 Å². The zero-order valence-corrected chi connectivity index (χ0v) is 35.5. The maximum absolute atomic E-state index is 6.62. The Morgan fingerprint density at radius 3 is 1.86 bits per heavy atom. The number of furan rings is 1. The van der Waals surface area contributed by atoms with Gasteiger partial charge in [-0.3, -0.25) is 0 Å². The fourth-order valence-corrected chi connectivity index (χ4v) is 11.2. The highest BCUT2D eigenvalue weighted by atomic mass is 32.1. The highest BCUT2D eigenvalue weighted by molar-refractivity contribution is 7.26. The van der Waals surface area contributed by atoms with Crippen molar-refractivity contribution in [2.45, 2.75) is 0 Å². The Hall–Kier alpha value is -8.18. The summed E-state index contributed by atoms with van der Waals surface area (Å²) in [6, 6.07) is 83.4. The smallest absolute Gasteiger partial charge is 0.143 e. The molecular formula is C60H38N2OS. The number of benzene rings is 10. The number of thiophene rings is 1. The third kappa shape index (κ3) is 5.73. The van der Waals surface area contributed by atoms with Crippen LogP contribution in [0.15, 0.2) is 235 Å². The SMILES string of the molecule is c1ccc(-c2cc(N(c3ccccc3)c3ccc4c5ccccc5n(-c5ccccc5-c5cccc6c5sc5ccccc56)c4c3)ccc2-c2cccc3c2oc2ccccc23)cc1. The van der Waals surface area contributed by atoms with Crippen LogP contribution in [0.3, 0.4) is 0 Å². The largest absolute Gasteiger partial charge is 0.455 e. The number of para-hydroxylation sites is 5. The van der Waals surface area contributed by atoms with Gasteiger partial charge in [0.05, 0.1) is 16.7 Å². The van der Waals surface area contributed by atoms with Crippen LogP contribution in [0.5, 0.6) is 0 Å². The van der Waals surface area contributed by atoms with Crippen LogP contribution < -0.4 is 4.90 Å². The molecule has 3 nitrogen and oxygen atoms in total. The van der Waals surface area contributed by atoms with E-state index in [9.17, 15) is 0 Å². The maximum Gasteiger partial charge on any atom is 0.143 e. The Labute approximate surface area is 373 Å². The molecule has 13 aromatic rings. The lowest BCUT2D eigenvalue weighted by molar-refractivity contribution is 0.670. The van der Waals surface area contributed by atoms with Gasteiger partial charge in [0.25, 0.3) is 0 Å². The molecule has 0 amide bonds. The molecule has 0 N–H and O–H groups in total. The number of anilines is 3. The van der Waals surface area contributed by atoms with Crippen molar-refractivity contribution in [2.75, 3.05) is 4.90 Å². The summed E-state index contributed by atoms with van der Waals surface area (Å²) < 4.78 is 11.7. The van der Waals surface area contributed by atoms with Gasteiger partial charge in [-0.1, -0.05) is 170 Å². The Kier molecular flexibility index (Phi) is 8.40. The molecule has 13 rings (SSSR count). The van der Waals surface area contributed by atoms with Crippen LogP contribution in [0.4, 0.5) is 17.1 Å². The van der Waals surface area contributed by atoms with E-state index in [4.69, 9.17) is 4.42 Å². The molecule has 10 aromatic carbocycles. The van der Waals surface area contributed by atoms with Gasteiger partial charge in [-0.15, -0.1) is 11.3 Å². The highest BCUT2D eigenvalue weighted by Gasteiger charge is 2.22. The summed E-state index contributed by atoms with van der Waals surface area (Å²) in [5.41, 5.74) is 15.4. The van der Waals surface area contributed by atoms with Gasteiger partial charge in [0.15, 0.2) is 0 Å². The Morgan fingerprint density at radius 1 is 0.359 bits per heavy atom. The molecule has 0 saturated carbocycles. The third-order valence-electron chi connectivity index (χ3n) is 12.8. The second-order valence-corrected chi connectivity index (χ2v) is 17.5. The predicted molar refractivity (Wildman–Crippen MR) is 272 cm³/mol. The Balaban J connectivity index is 1.03. The molecule has 64 heavy (non-hydrogen) atoms. The molecule has 3 heterocycles. The number of rotatable bonds is 7. The molecule has 0 aliphatic rings. The molecule has 3 aromatic heterocycles. The van der Waals surface area contributed by atoms with Crippen LogP contribution >= 0.6 is 11.3 Å². The molecule has 4 heteroatoms. The number of hydrogen-bond acceptors (Lipinski definition) is 3. The van der Waals surface area contributed by atoms with Crippen LogP contribution in [0.25, 0.3) is 103 Å². The minimum Gasteiger partial charge on any atom is -0.455 e. The molecule has 300 valence electrons. The molecule has 0 spiro atoms. The molecule has 0 unspecified atom stereocenters. The monoisotopic (exact) mass is 834 g/mol. The van der Waals surface area contributed by atoms with E-state index in [1.807, 2.05) is 17.4 Å². The Morgan fingerprint density at radius 2 is 0.984 bits per heavy atom. The summed E-state index contributed by atoms with van der Waals surface area (Å²) in [5, 5.41) is 7.28. The van der Waals surface area contributed by atoms with Gasteiger partial charge < -0.3 is 13.9 Å². The van der Waals surface area contributed by atoms with Crippen molar-refractivity contribution in [3.8, 4) is 39.1 Å². The molecule has 0 aliphatic heterocycles. The number of hydrogen-bond donors (Lipinski definition) is 0. The van der Waals surface area contributed by atoms with Crippen LogP contribution in [0.1, 0.15) is 0 Å². The third-order valence-corrected chi connectivity index (χ3v) is 14.0. The lowest BCUT2D eigenvalue weighted by atomic mass is 9.92. The molecule has 0 radical (unpaired) electrons. The normalized spacial score (nSPS) is 11.8. The molecule has 0 atom stereocenters. The lowest BCUT2D eigenvalue weighted by Gasteiger charge is -2.27. The standard InChI is InChI=1S/C60H38N2OS/c1-3-17-39(18-4-1)53-37-41(33-35-43(53)49-25-15-26-50-47-23-9-13-31-57(47)63-59(49)50)61(40-19-5-2-6-20-40)42-34-36-46-44-21-7-11-29-54(44)62(56(46)38-42)55-30-12-8-22-45(55)51-27-16-28-52-48-24-10-14-32-58(48)64-60(51)52/h1-38H. The second kappa shape index (κ2) is 14.7. The van der Waals surface area contributed by atoms with E-state index in [0.29, 0.717) is 0 Å². The van der Waals surface area contributed by atoms with E-state index in [0.717, 1.165) is 72.5 Å². The summed E-state index contributed by atoms with van der Waals surface area (Å²) in [6.07, 6.45) is 0. The van der Waals surface area contributed by atoms with Crippen molar-refractivity contribution in [2.24, 2.45) is 0 Å². The fourth-order valence-electron chi connectivity index (χ4n) is 9.96. The summed E-state index contributed by atoms with van der Waals surface area (Å²) in [6.45, 7) is 0.